The number of hydrogen-bond donors (Lipinski definition) is 0. The maximum atomic E-state index is 10.8. The second kappa shape index (κ2) is 6.29. The number of hydrogen-bond acceptors (Lipinski definition) is 5. The number of rotatable bonds is 4. The highest BCUT2D eigenvalue weighted by Crippen LogP contribution is 2.31. The molecule has 0 bridgehead atoms. The Morgan fingerprint density at radius 3 is 2.29 bits per heavy atom. The molecule has 2 rings (SSSR count). The van der Waals surface area contributed by atoms with Crippen LogP contribution in [0.3, 0.4) is 0 Å². The van der Waals surface area contributed by atoms with Crippen molar-refractivity contribution >= 4 is 23.1 Å². The van der Waals surface area contributed by atoms with Gasteiger partial charge in [0.15, 0.2) is 0 Å². The normalized spacial score (nSPS) is 9.95. The minimum absolute atomic E-state index is 0.0786. The van der Waals surface area contributed by atoms with Gasteiger partial charge in [-0.2, -0.15) is 5.26 Å². The summed E-state index contributed by atoms with van der Waals surface area (Å²) in [6, 6.07) is 14.4. The maximum Gasteiger partial charge on any atom is 0.287 e. The van der Waals surface area contributed by atoms with Crippen LogP contribution in [0.25, 0.3) is 0 Å². The Labute approximate surface area is 127 Å². The van der Waals surface area contributed by atoms with Crippen molar-refractivity contribution in [2.45, 2.75) is 9.79 Å². The van der Waals surface area contributed by atoms with Crippen molar-refractivity contribution in [3.8, 4) is 6.07 Å². The second-order valence-electron chi connectivity index (χ2n) is 4.54. The van der Waals surface area contributed by atoms with Gasteiger partial charge >= 0.3 is 0 Å². The summed E-state index contributed by atoms with van der Waals surface area (Å²) in [6.45, 7) is 0. The smallest absolute Gasteiger partial charge is 0.287 e. The van der Waals surface area contributed by atoms with Crippen LogP contribution in [0.1, 0.15) is 5.56 Å². The van der Waals surface area contributed by atoms with E-state index in [4.69, 9.17) is 5.26 Å². The highest BCUT2D eigenvalue weighted by molar-refractivity contribution is 7.99. The van der Waals surface area contributed by atoms with Crippen LogP contribution in [-0.4, -0.2) is 19.0 Å². The van der Waals surface area contributed by atoms with Crippen LogP contribution < -0.4 is 4.90 Å². The van der Waals surface area contributed by atoms with Crippen molar-refractivity contribution in [3.05, 3.63) is 58.1 Å². The SMILES string of the molecule is CN(C)c1ccc(Sc2ccc([N+](=O)[O-])c(C#N)c2)cc1. The summed E-state index contributed by atoms with van der Waals surface area (Å²) in [5.41, 5.74) is 1.01. The van der Waals surface area contributed by atoms with E-state index in [1.807, 2.05) is 49.3 Å². The average molecular weight is 299 g/mol. The van der Waals surface area contributed by atoms with Gasteiger partial charge in [-0.3, -0.25) is 10.1 Å². The minimum atomic E-state index is -0.543. The van der Waals surface area contributed by atoms with Crippen LogP contribution in [0.4, 0.5) is 11.4 Å². The van der Waals surface area contributed by atoms with Crippen LogP contribution in [0.5, 0.6) is 0 Å². The zero-order chi connectivity index (χ0) is 15.4. The zero-order valence-corrected chi connectivity index (χ0v) is 12.4. The lowest BCUT2D eigenvalue weighted by Crippen LogP contribution is -2.07. The third kappa shape index (κ3) is 3.52. The van der Waals surface area contributed by atoms with E-state index in [0.717, 1.165) is 15.5 Å². The molecule has 0 spiro atoms. The predicted molar refractivity (Wildman–Crippen MR) is 82.7 cm³/mol. The van der Waals surface area contributed by atoms with Crippen molar-refractivity contribution in [2.24, 2.45) is 0 Å². The van der Waals surface area contributed by atoms with Crippen LogP contribution in [0.2, 0.25) is 0 Å². The highest BCUT2D eigenvalue weighted by atomic mass is 32.2. The van der Waals surface area contributed by atoms with Crippen LogP contribution >= 0.6 is 11.8 Å². The van der Waals surface area contributed by atoms with E-state index >= 15 is 0 Å². The van der Waals surface area contributed by atoms with Gasteiger partial charge in [0.1, 0.15) is 11.6 Å². The van der Waals surface area contributed by atoms with Gasteiger partial charge in [-0.25, -0.2) is 0 Å². The first-order valence-electron chi connectivity index (χ1n) is 6.15. The fraction of sp³-hybridized carbons (Fsp3) is 0.133. The van der Waals surface area contributed by atoms with Gasteiger partial charge in [-0.1, -0.05) is 11.8 Å². The molecule has 0 aromatic heterocycles. The van der Waals surface area contributed by atoms with Gasteiger partial charge in [0.25, 0.3) is 5.69 Å². The Kier molecular flexibility index (Phi) is 4.45. The van der Waals surface area contributed by atoms with Crippen LogP contribution in [-0.2, 0) is 0 Å². The topological polar surface area (TPSA) is 70.2 Å². The Balaban J connectivity index is 2.24. The fourth-order valence-corrected chi connectivity index (χ4v) is 2.63. The lowest BCUT2D eigenvalue weighted by atomic mass is 10.2. The largest absolute Gasteiger partial charge is 0.378 e. The summed E-state index contributed by atoms with van der Waals surface area (Å²) in [5, 5.41) is 19.8. The molecule has 0 atom stereocenters. The van der Waals surface area contributed by atoms with Crippen molar-refractivity contribution in [1.29, 1.82) is 5.26 Å². The molecule has 0 aliphatic heterocycles. The Bertz CT molecular complexity index is 706. The van der Waals surface area contributed by atoms with Gasteiger partial charge in [-0.05, 0) is 36.4 Å². The molecule has 106 valence electrons. The van der Waals surface area contributed by atoms with Gasteiger partial charge in [0, 0.05) is 35.6 Å². The predicted octanol–water partition coefficient (Wildman–Crippen LogP) is 3.68. The number of nitro groups is 1. The minimum Gasteiger partial charge on any atom is -0.378 e. The summed E-state index contributed by atoms with van der Waals surface area (Å²) in [4.78, 5) is 14.1. The highest BCUT2D eigenvalue weighted by Gasteiger charge is 2.14. The first kappa shape index (κ1) is 14.9. The molecule has 0 fully saturated rings. The van der Waals surface area contributed by atoms with E-state index in [0.29, 0.717) is 0 Å². The molecule has 21 heavy (non-hydrogen) atoms. The lowest BCUT2D eigenvalue weighted by Gasteiger charge is -2.12. The van der Waals surface area contributed by atoms with E-state index in [2.05, 4.69) is 0 Å². The molecule has 0 amide bonds. The van der Waals surface area contributed by atoms with E-state index < -0.39 is 4.92 Å². The number of benzene rings is 2. The summed E-state index contributed by atoms with van der Waals surface area (Å²) in [7, 11) is 3.94. The molecule has 0 aliphatic carbocycles. The third-order valence-electron chi connectivity index (χ3n) is 2.87. The monoisotopic (exact) mass is 299 g/mol. The average Bonchev–Trinajstić information content (AvgIpc) is 2.47. The summed E-state index contributed by atoms with van der Waals surface area (Å²) >= 11 is 1.47. The molecule has 0 N–H and O–H groups in total. The van der Waals surface area contributed by atoms with E-state index in [1.165, 1.54) is 17.8 Å². The molecule has 0 unspecified atom stereocenters. The molecule has 2 aromatic carbocycles. The van der Waals surface area contributed by atoms with Gasteiger partial charge in [0.2, 0.25) is 0 Å². The fourth-order valence-electron chi connectivity index (χ4n) is 1.78. The Hall–Kier alpha value is -2.52. The number of nitriles is 1. The van der Waals surface area contributed by atoms with Gasteiger partial charge in [-0.15, -0.1) is 0 Å². The molecular weight excluding hydrogens is 286 g/mol. The maximum absolute atomic E-state index is 10.8. The quantitative estimate of drug-likeness (QED) is 0.636. The first-order chi connectivity index (χ1) is 10.0. The van der Waals surface area contributed by atoms with Crippen molar-refractivity contribution in [3.63, 3.8) is 0 Å². The van der Waals surface area contributed by atoms with E-state index in [1.54, 1.807) is 12.1 Å². The van der Waals surface area contributed by atoms with Gasteiger partial charge < -0.3 is 4.90 Å². The van der Waals surface area contributed by atoms with Crippen molar-refractivity contribution in [2.75, 3.05) is 19.0 Å². The number of anilines is 1. The molecule has 0 saturated carbocycles. The first-order valence-corrected chi connectivity index (χ1v) is 6.96. The number of nitro benzene ring substituents is 1. The Morgan fingerprint density at radius 2 is 1.76 bits per heavy atom. The molecular formula is C15H13N3O2S. The van der Waals surface area contributed by atoms with Crippen molar-refractivity contribution < 1.29 is 4.92 Å². The zero-order valence-electron chi connectivity index (χ0n) is 11.6. The second-order valence-corrected chi connectivity index (χ2v) is 5.69. The lowest BCUT2D eigenvalue weighted by molar-refractivity contribution is -0.385. The molecule has 0 radical (unpaired) electrons. The Morgan fingerprint density at radius 1 is 1.14 bits per heavy atom. The van der Waals surface area contributed by atoms with Crippen LogP contribution in [0, 0.1) is 21.4 Å². The van der Waals surface area contributed by atoms with Crippen LogP contribution in [0.15, 0.2) is 52.3 Å². The number of nitrogens with zero attached hydrogens (tertiary/aromatic N) is 3. The third-order valence-corrected chi connectivity index (χ3v) is 3.87. The molecule has 2 aromatic rings. The standard InChI is InChI=1S/C15H13N3O2S/c1-17(2)12-3-5-13(6-4-12)21-14-7-8-15(18(19)20)11(9-14)10-16/h3-9H,1-2H3. The molecule has 5 nitrogen and oxygen atoms in total. The van der Waals surface area contributed by atoms with E-state index in [-0.39, 0.29) is 11.3 Å². The van der Waals surface area contributed by atoms with E-state index in [9.17, 15) is 10.1 Å². The summed E-state index contributed by atoms with van der Waals surface area (Å²) < 4.78 is 0. The van der Waals surface area contributed by atoms with Gasteiger partial charge in [0.05, 0.1) is 4.92 Å². The van der Waals surface area contributed by atoms with Crippen molar-refractivity contribution in [1.82, 2.24) is 0 Å². The molecule has 6 heteroatoms. The summed E-state index contributed by atoms with van der Waals surface area (Å²) in [5.74, 6) is 0. The molecule has 0 saturated heterocycles. The molecule has 0 aliphatic rings. The molecule has 0 heterocycles. The summed E-state index contributed by atoms with van der Waals surface area (Å²) in [6.07, 6.45) is 0.